The van der Waals surface area contributed by atoms with Gasteiger partial charge < -0.3 is 19.0 Å². The van der Waals surface area contributed by atoms with Crippen molar-refractivity contribution in [2.75, 3.05) is 19.0 Å². The Morgan fingerprint density at radius 2 is 1.71 bits per heavy atom. The SMILES string of the molecule is CNc1nn(C(=O)OC(C)(C)C)c2ccc(-c3ccn([C@H](CO[Si](C)(C)C(C)(C)C)c4cccc(Cl)c4)c(=O)c3)cc12. The highest BCUT2D eigenvalue weighted by molar-refractivity contribution is 6.74. The molecule has 0 aliphatic heterocycles. The third kappa shape index (κ3) is 6.80. The highest BCUT2D eigenvalue weighted by Gasteiger charge is 2.38. The van der Waals surface area contributed by atoms with E-state index in [0.717, 1.165) is 22.1 Å². The Kier molecular flexibility index (Phi) is 8.79. The van der Waals surface area contributed by atoms with Crippen LogP contribution in [0.5, 0.6) is 0 Å². The maximum atomic E-state index is 13.6. The molecule has 0 radical (unpaired) electrons. The van der Waals surface area contributed by atoms with Crippen LogP contribution < -0.4 is 10.9 Å². The lowest BCUT2D eigenvalue weighted by molar-refractivity contribution is 0.0523. The lowest BCUT2D eigenvalue weighted by Crippen LogP contribution is -2.43. The Morgan fingerprint density at radius 3 is 2.31 bits per heavy atom. The van der Waals surface area contributed by atoms with Gasteiger partial charge in [-0.2, -0.15) is 4.68 Å². The van der Waals surface area contributed by atoms with Crippen LogP contribution in [0.2, 0.25) is 23.2 Å². The number of halogens is 1. The molecule has 42 heavy (non-hydrogen) atoms. The standard InChI is InChI=1S/C32H41ClN4O4Si/c1-31(2,3)41-30(39)37-26-14-13-21(18-25(26)29(34-7)35-37)22-15-16-36(28(38)19-22)27(23-11-10-12-24(33)17-23)20-40-42(8,9)32(4,5)6/h10-19,27H,20H2,1-9H3,(H,34,35)/t27-/m1/s1. The molecule has 0 bridgehead atoms. The van der Waals surface area contributed by atoms with Gasteiger partial charge in [0.05, 0.1) is 18.2 Å². The van der Waals surface area contributed by atoms with Crippen molar-refractivity contribution in [3.63, 3.8) is 0 Å². The van der Waals surface area contributed by atoms with Crippen molar-refractivity contribution in [1.82, 2.24) is 14.3 Å². The number of nitrogens with one attached hydrogen (secondary N) is 1. The minimum Gasteiger partial charge on any atom is -0.442 e. The number of anilines is 1. The van der Waals surface area contributed by atoms with Crippen molar-refractivity contribution in [1.29, 1.82) is 0 Å². The van der Waals surface area contributed by atoms with Crippen molar-refractivity contribution >= 4 is 42.7 Å². The van der Waals surface area contributed by atoms with E-state index in [1.165, 1.54) is 4.68 Å². The summed E-state index contributed by atoms with van der Waals surface area (Å²) in [5, 5.41) is 8.86. The van der Waals surface area contributed by atoms with Gasteiger partial charge in [0.1, 0.15) is 5.60 Å². The Morgan fingerprint density at radius 1 is 1.02 bits per heavy atom. The van der Waals surface area contributed by atoms with Crippen LogP contribution >= 0.6 is 11.6 Å². The zero-order chi connectivity index (χ0) is 31.0. The highest BCUT2D eigenvalue weighted by atomic mass is 35.5. The third-order valence-corrected chi connectivity index (χ3v) is 12.5. The average molecular weight is 609 g/mol. The fourth-order valence-electron chi connectivity index (χ4n) is 4.41. The maximum absolute atomic E-state index is 13.6. The lowest BCUT2D eigenvalue weighted by Gasteiger charge is -2.37. The summed E-state index contributed by atoms with van der Waals surface area (Å²) in [6, 6.07) is 16.4. The number of rotatable bonds is 7. The van der Waals surface area contributed by atoms with E-state index in [2.05, 4.69) is 44.3 Å². The molecule has 2 aromatic carbocycles. The Bertz CT molecular complexity index is 1660. The number of carbonyl (C=O) groups excluding carboxylic acids is 1. The topological polar surface area (TPSA) is 87.4 Å². The predicted octanol–water partition coefficient (Wildman–Crippen LogP) is 7.95. The molecule has 0 spiro atoms. The quantitative estimate of drug-likeness (QED) is 0.214. The monoisotopic (exact) mass is 608 g/mol. The number of fused-ring (bicyclic) bond motifs is 1. The molecule has 2 heterocycles. The summed E-state index contributed by atoms with van der Waals surface area (Å²) in [4.78, 5) is 26.4. The summed E-state index contributed by atoms with van der Waals surface area (Å²) in [6.07, 6.45) is 1.25. The molecule has 8 nitrogen and oxygen atoms in total. The summed E-state index contributed by atoms with van der Waals surface area (Å²) in [6.45, 7) is 16.8. The predicted molar refractivity (Wildman–Crippen MR) is 173 cm³/mol. The first-order valence-electron chi connectivity index (χ1n) is 14.1. The van der Waals surface area contributed by atoms with Crippen LogP contribution in [0.1, 0.15) is 53.1 Å². The van der Waals surface area contributed by atoms with Crippen molar-refractivity contribution in [3.8, 4) is 11.1 Å². The van der Waals surface area contributed by atoms with Gasteiger partial charge in [-0.25, -0.2) is 4.79 Å². The number of hydrogen-bond donors (Lipinski definition) is 1. The smallest absolute Gasteiger partial charge is 0.435 e. The van der Waals surface area contributed by atoms with E-state index in [4.69, 9.17) is 20.8 Å². The summed E-state index contributed by atoms with van der Waals surface area (Å²) >= 11 is 6.35. The second-order valence-corrected chi connectivity index (χ2v) is 18.3. The zero-order valence-corrected chi connectivity index (χ0v) is 27.7. The fourth-order valence-corrected chi connectivity index (χ4v) is 5.61. The molecule has 0 unspecified atom stereocenters. The fraction of sp³-hybridized carbons (Fsp3) is 0.406. The van der Waals surface area contributed by atoms with Crippen LogP contribution in [-0.4, -0.2) is 48.0 Å². The molecule has 224 valence electrons. The summed E-state index contributed by atoms with van der Waals surface area (Å²) in [5.41, 5.74) is 2.27. The van der Waals surface area contributed by atoms with E-state index in [1.807, 2.05) is 75.5 Å². The van der Waals surface area contributed by atoms with Crippen LogP contribution in [0.3, 0.4) is 0 Å². The molecule has 0 aliphatic rings. The lowest BCUT2D eigenvalue weighted by atomic mass is 10.0. The number of aromatic nitrogens is 3. The second kappa shape index (κ2) is 11.7. The second-order valence-electron chi connectivity index (χ2n) is 13.0. The van der Waals surface area contributed by atoms with E-state index >= 15 is 0 Å². The van der Waals surface area contributed by atoms with E-state index in [1.54, 1.807) is 17.7 Å². The minimum atomic E-state index is -2.08. The number of benzene rings is 2. The molecule has 4 aromatic rings. The maximum Gasteiger partial charge on any atom is 0.435 e. The van der Waals surface area contributed by atoms with Crippen LogP contribution in [0.15, 0.2) is 65.6 Å². The van der Waals surface area contributed by atoms with E-state index in [9.17, 15) is 9.59 Å². The largest absolute Gasteiger partial charge is 0.442 e. The number of ether oxygens (including phenoxy) is 1. The summed E-state index contributed by atoms with van der Waals surface area (Å²) < 4.78 is 15.1. The molecular weight excluding hydrogens is 568 g/mol. The van der Waals surface area contributed by atoms with Gasteiger partial charge in [-0.05, 0) is 85.9 Å². The van der Waals surface area contributed by atoms with Crippen LogP contribution in [0.4, 0.5) is 10.6 Å². The average Bonchev–Trinajstić information content (AvgIpc) is 3.26. The molecular formula is C32H41ClN4O4Si. The summed E-state index contributed by atoms with van der Waals surface area (Å²) in [7, 11) is -0.331. The van der Waals surface area contributed by atoms with Crippen LogP contribution in [0.25, 0.3) is 22.0 Å². The number of nitrogens with zero attached hydrogens (tertiary/aromatic N) is 3. The van der Waals surface area contributed by atoms with Gasteiger partial charge in [0.25, 0.3) is 5.56 Å². The molecule has 4 rings (SSSR count). The van der Waals surface area contributed by atoms with Crippen LogP contribution in [-0.2, 0) is 9.16 Å². The molecule has 1 N–H and O–H groups in total. The molecule has 2 aromatic heterocycles. The normalized spacial score (nSPS) is 13.3. The third-order valence-electron chi connectivity index (χ3n) is 7.74. The van der Waals surface area contributed by atoms with Gasteiger partial charge in [0.15, 0.2) is 14.1 Å². The van der Waals surface area contributed by atoms with Crippen molar-refractivity contribution in [2.24, 2.45) is 0 Å². The Balaban J connectivity index is 1.72. The first kappa shape index (κ1) is 31.5. The van der Waals surface area contributed by atoms with Gasteiger partial charge >= 0.3 is 6.09 Å². The van der Waals surface area contributed by atoms with E-state index in [-0.39, 0.29) is 16.6 Å². The number of hydrogen-bond acceptors (Lipinski definition) is 6. The van der Waals surface area contributed by atoms with Gasteiger partial charge in [0, 0.05) is 29.7 Å². The Labute approximate surface area is 253 Å². The summed E-state index contributed by atoms with van der Waals surface area (Å²) in [5.74, 6) is 0.537. The first-order valence-corrected chi connectivity index (χ1v) is 17.4. The first-order chi connectivity index (χ1) is 19.5. The minimum absolute atomic E-state index is 0.0306. The van der Waals surface area contributed by atoms with E-state index < -0.39 is 20.0 Å². The van der Waals surface area contributed by atoms with Crippen LogP contribution in [0, 0.1) is 0 Å². The van der Waals surface area contributed by atoms with Crippen molar-refractivity contribution < 1.29 is 14.0 Å². The number of pyridine rings is 1. The van der Waals surface area contributed by atoms with E-state index in [0.29, 0.717) is 23.0 Å². The molecule has 0 fully saturated rings. The molecule has 0 saturated heterocycles. The molecule has 0 aliphatic carbocycles. The van der Waals surface area contributed by atoms with Gasteiger partial charge in [-0.15, -0.1) is 5.10 Å². The zero-order valence-electron chi connectivity index (χ0n) is 25.9. The van der Waals surface area contributed by atoms with Crippen molar-refractivity contribution in [2.45, 2.75) is 71.3 Å². The molecule has 1 atom stereocenters. The molecule has 0 saturated carbocycles. The van der Waals surface area contributed by atoms with Gasteiger partial charge in [-0.3, -0.25) is 4.79 Å². The van der Waals surface area contributed by atoms with Gasteiger partial charge in [0.2, 0.25) is 0 Å². The van der Waals surface area contributed by atoms with Crippen molar-refractivity contribution in [3.05, 3.63) is 81.7 Å². The molecule has 0 amide bonds. The molecule has 10 heteroatoms. The number of carbonyl (C=O) groups is 1. The van der Waals surface area contributed by atoms with Gasteiger partial charge in [-0.1, -0.05) is 50.6 Å². The Hall–Kier alpha value is -3.40. The highest BCUT2D eigenvalue weighted by Crippen LogP contribution is 2.37.